The second kappa shape index (κ2) is 6.62. The molecule has 1 amide bonds. The van der Waals surface area contributed by atoms with Crippen molar-refractivity contribution < 1.29 is 9.18 Å². The summed E-state index contributed by atoms with van der Waals surface area (Å²) in [5, 5.41) is 7.83. The van der Waals surface area contributed by atoms with E-state index in [0.29, 0.717) is 22.0 Å². The van der Waals surface area contributed by atoms with Crippen LogP contribution in [0.1, 0.15) is 16.1 Å². The first-order valence-electron chi connectivity index (χ1n) is 7.70. The predicted octanol–water partition coefficient (Wildman–Crippen LogP) is 4.94. The summed E-state index contributed by atoms with van der Waals surface area (Å²) in [4.78, 5) is 17.0. The summed E-state index contributed by atoms with van der Waals surface area (Å²) in [6, 6.07) is 13.3. The van der Waals surface area contributed by atoms with Crippen molar-refractivity contribution >= 4 is 49.2 Å². The number of nitrogens with one attached hydrogen (secondary N) is 1. The number of thiazole rings is 1. The highest BCUT2D eigenvalue weighted by Crippen LogP contribution is 2.28. The van der Waals surface area contributed by atoms with Gasteiger partial charge in [-0.3, -0.25) is 4.79 Å². The molecule has 0 saturated carbocycles. The lowest BCUT2D eigenvalue weighted by Gasteiger charge is -2.06. The second-order valence-corrected chi connectivity index (χ2v) is 7.58. The van der Waals surface area contributed by atoms with Crippen LogP contribution in [0.3, 0.4) is 0 Å². The van der Waals surface area contributed by atoms with Crippen molar-refractivity contribution in [1.82, 2.24) is 14.8 Å². The first-order valence-corrected chi connectivity index (χ1v) is 9.30. The van der Waals surface area contributed by atoms with E-state index in [1.54, 1.807) is 35.0 Å². The molecule has 2 aromatic heterocycles. The van der Waals surface area contributed by atoms with E-state index in [9.17, 15) is 9.18 Å². The normalized spacial score (nSPS) is 11.0. The lowest BCUT2D eigenvalue weighted by molar-refractivity contribution is 0.102. The van der Waals surface area contributed by atoms with Crippen molar-refractivity contribution in [3.05, 3.63) is 70.1 Å². The zero-order chi connectivity index (χ0) is 18.3. The summed E-state index contributed by atoms with van der Waals surface area (Å²) < 4.78 is 16.5. The van der Waals surface area contributed by atoms with Crippen LogP contribution in [0.25, 0.3) is 15.3 Å². The van der Waals surface area contributed by atoms with Crippen molar-refractivity contribution in [3.8, 4) is 5.13 Å². The van der Waals surface area contributed by atoms with E-state index >= 15 is 0 Å². The van der Waals surface area contributed by atoms with E-state index in [0.717, 1.165) is 14.9 Å². The van der Waals surface area contributed by atoms with Crippen LogP contribution in [-0.2, 0) is 0 Å². The first-order chi connectivity index (χ1) is 12.5. The summed E-state index contributed by atoms with van der Waals surface area (Å²) in [5.41, 5.74) is 1.94. The molecule has 0 bridgehead atoms. The second-order valence-electron chi connectivity index (χ2n) is 5.66. The van der Waals surface area contributed by atoms with Gasteiger partial charge in [0.1, 0.15) is 11.6 Å². The Labute approximate surface area is 160 Å². The van der Waals surface area contributed by atoms with E-state index in [4.69, 9.17) is 0 Å². The summed E-state index contributed by atoms with van der Waals surface area (Å²) in [7, 11) is 0. The van der Waals surface area contributed by atoms with Crippen molar-refractivity contribution in [2.24, 2.45) is 0 Å². The third kappa shape index (κ3) is 3.25. The Morgan fingerprint density at radius 2 is 2.08 bits per heavy atom. The number of nitrogens with zero attached hydrogens (tertiary/aromatic N) is 3. The smallest absolute Gasteiger partial charge is 0.256 e. The van der Waals surface area contributed by atoms with Crippen LogP contribution in [0.5, 0.6) is 0 Å². The van der Waals surface area contributed by atoms with Crippen LogP contribution >= 0.6 is 27.3 Å². The highest BCUT2D eigenvalue weighted by atomic mass is 79.9. The van der Waals surface area contributed by atoms with Gasteiger partial charge in [-0.2, -0.15) is 9.78 Å². The number of hydrogen-bond acceptors (Lipinski definition) is 4. The molecule has 0 aliphatic rings. The van der Waals surface area contributed by atoms with Crippen molar-refractivity contribution in [2.45, 2.75) is 6.92 Å². The Hall–Kier alpha value is -2.58. The van der Waals surface area contributed by atoms with Gasteiger partial charge in [-0.15, -0.1) is 0 Å². The fraction of sp³-hybridized carbons (Fsp3) is 0.0556. The predicted molar refractivity (Wildman–Crippen MR) is 104 cm³/mol. The maximum Gasteiger partial charge on any atom is 0.256 e. The number of hydrogen-bond donors (Lipinski definition) is 1. The number of aryl methyl sites for hydroxylation is 1. The fourth-order valence-corrected chi connectivity index (χ4v) is 3.88. The van der Waals surface area contributed by atoms with E-state index in [1.807, 2.05) is 13.0 Å². The van der Waals surface area contributed by atoms with Gasteiger partial charge in [0.05, 0.1) is 15.9 Å². The molecule has 0 aliphatic heterocycles. The number of carbonyl (C=O) groups is 1. The molecule has 4 aromatic rings. The first kappa shape index (κ1) is 16.9. The number of amides is 1. The molecule has 0 aliphatic carbocycles. The van der Waals surface area contributed by atoms with Crippen molar-refractivity contribution in [2.75, 3.05) is 5.32 Å². The largest absolute Gasteiger partial charge is 0.306 e. The van der Waals surface area contributed by atoms with Gasteiger partial charge < -0.3 is 5.32 Å². The Balaban J connectivity index is 1.71. The minimum Gasteiger partial charge on any atom is -0.306 e. The molecule has 0 unspecified atom stereocenters. The Morgan fingerprint density at radius 3 is 2.88 bits per heavy atom. The van der Waals surface area contributed by atoms with Crippen LogP contribution < -0.4 is 5.32 Å². The number of halogens is 2. The van der Waals surface area contributed by atoms with Crippen LogP contribution in [0.2, 0.25) is 0 Å². The molecule has 0 radical (unpaired) electrons. The van der Waals surface area contributed by atoms with Crippen molar-refractivity contribution in [3.63, 3.8) is 0 Å². The summed E-state index contributed by atoms with van der Waals surface area (Å²) in [5.74, 6) is -0.0564. The van der Waals surface area contributed by atoms with Gasteiger partial charge >= 0.3 is 0 Å². The molecule has 4 rings (SSSR count). The summed E-state index contributed by atoms with van der Waals surface area (Å²) in [6.45, 7) is 1.83. The molecular formula is C18H12BrFN4OS. The third-order valence-corrected chi connectivity index (χ3v) is 5.17. The number of benzene rings is 2. The molecule has 2 aromatic carbocycles. The lowest BCUT2D eigenvalue weighted by atomic mass is 10.2. The van der Waals surface area contributed by atoms with Crippen LogP contribution in [0.4, 0.5) is 10.2 Å². The number of fused-ring (bicyclic) bond motifs is 1. The molecular weight excluding hydrogens is 419 g/mol. The van der Waals surface area contributed by atoms with Crippen molar-refractivity contribution in [1.29, 1.82) is 0 Å². The zero-order valence-electron chi connectivity index (χ0n) is 13.5. The maximum absolute atomic E-state index is 13.4. The number of aromatic nitrogens is 3. The topological polar surface area (TPSA) is 59.8 Å². The summed E-state index contributed by atoms with van der Waals surface area (Å²) >= 11 is 4.67. The van der Waals surface area contributed by atoms with Gasteiger partial charge in [-0.25, -0.2) is 9.37 Å². The van der Waals surface area contributed by atoms with Crippen LogP contribution in [-0.4, -0.2) is 20.7 Å². The highest BCUT2D eigenvalue weighted by Gasteiger charge is 2.15. The minimum atomic E-state index is -0.312. The monoisotopic (exact) mass is 430 g/mol. The quantitative estimate of drug-likeness (QED) is 0.500. The number of rotatable bonds is 3. The maximum atomic E-state index is 13.4. The summed E-state index contributed by atoms with van der Waals surface area (Å²) in [6.07, 6.45) is 0. The molecule has 0 saturated heterocycles. The molecule has 130 valence electrons. The molecule has 26 heavy (non-hydrogen) atoms. The molecule has 0 atom stereocenters. The van der Waals surface area contributed by atoms with E-state index < -0.39 is 0 Å². The van der Waals surface area contributed by atoms with Gasteiger partial charge in [0.2, 0.25) is 5.13 Å². The number of anilines is 1. The third-order valence-electron chi connectivity index (χ3n) is 3.68. The zero-order valence-corrected chi connectivity index (χ0v) is 15.9. The Morgan fingerprint density at radius 1 is 1.23 bits per heavy atom. The molecule has 8 heteroatoms. The SMILES string of the molecule is Cc1cc(NC(=O)c2cccc(Br)c2)n(-c2nc3ccc(F)cc3s2)n1. The van der Waals surface area contributed by atoms with E-state index in [2.05, 4.69) is 31.3 Å². The van der Waals surface area contributed by atoms with Crippen LogP contribution in [0, 0.1) is 12.7 Å². The Kier molecular flexibility index (Phi) is 4.29. The standard InChI is InChI=1S/C18H12BrFN4OS/c1-10-7-16(22-17(25)11-3-2-4-12(19)8-11)24(23-10)18-21-14-6-5-13(20)9-15(14)26-18/h2-9H,1H3,(H,22,25). The number of carbonyl (C=O) groups excluding carboxylic acids is 1. The lowest BCUT2D eigenvalue weighted by Crippen LogP contribution is -2.15. The van der Waals surface area contributed by atoms with E-state index in [-0.39, 0.29) is 11.7 Å². The fourth-order valence-electron chi connectivity index (χ4n) is 2.53. The van der Waals surface area contributed by atoms with Gasteiger partial charge in [-0.05, 0) is 43.3 Å². The molecule has 0 fully saturated rings. The molecule has 2 heterocycles. The average Bonchev–Trinajstić information content (AvgIpc) is 3.17. The van der Waals surface area contributed by atoms with Crippen LogP contribution in [0.15, 0.2) is 53.0 Å². The molecule has 0 spiro atoms. The molecule has 5 nitrogen and oxygen atoms in total. The van der Waals surface area contributed by atoms with Gasteiger partial charge in [0, 0.05) is 16.1 Å². The van der Waals surface area contributed by atoms with Gasteiger partial charge in [0.15, 0.2) is 0 Å². The van der Waals surface area contributed by atoms with Gasteiger partial charge in [-0.1, -0.05) is 33.3 Å². The highest BCUT2D eigenvalue weighted by molar-refractivity contribution is 9.10. The minimum absolute atomic E-state index is 0.250. The van der Waals surface area contributed by atoms with Gasteiger partial charge in [0.25, 0.3) is 5.91 Å². The average molecular weight is 431 g/mol. The Bertz CT molecular complexity index is 1140. The molecule has 1 N–H and O–H groups in total. The van der Waals surface area contributed by atoms with E-state index in [1.165, 1.54) is 23.5 Å².